The molecule has 0 aliphatic heterocycles. The molecule has 4 nitrogen and oxygen atoms in total. The fraction of sp³-hybridized carbons (Fsp3) is 0.333. The first-order valence-electron chi connectivity index (χ1n) is 9.01. The van der Waals surface area contributed by atoms with Crippen LogP contribution in [0.1, 0.15) is 38.1 Å². The Balaban J connectivity index is 2.28. The average molecular weight is 425 g/mol. The number of carbonyl (C=O) groups is 2. The molecule has 0 heterocycles. The average Bonchev–Trinajstić information content (AvgIpc) is 2.61. The molecule has 29 heavy (non-hydrogen) atoms. The van der Waals surface area contributed by atoms with Crippen molar-refractivity contribution in [3.63, 3.8) is 0 Å². The molecular formula is C21H22F3NO3S. The van der Waals surface area contributed by atoms with Crippen LogP contribution in [0.4, 0.5) is 18.9 Å². The van der Waals surface area contributed by atoms with Crippen LogP contribution in [0, 0.1) is 23.4 Å². The number of halogens is 3. The minimum Gasteiger partial charge on any atom is -0.462 e. The monoisotopic (exact) mass is 425 g/mol. The van der Waals surface area contributed by atoms with Crippen LogP contribution >= 0.6 is 11.8 Å². The predicted molar refractivity (Wildman–Crippen MR) is 106 cm³/mol. The normalized spacial score (nSPS) is 12.2. The Morgan fingerprint density at radius 1 is 1.00 bits per heavy atom. The van der Waals surface area contributed by atoms with Crippen LogP contribution in [0.5, 0.6) is 0 Å². The van der Waals surface area contributed by atoms with E-state index < -0.39 is 34.6 Å². The van der Waals surface area contributed by atoms with Crippen molar-refractivity contribution in [1.29, 1.82) is 0 Å². The maximum atomic E-state index is 14.3. The van der Waals surface area contributed by atoms with Gasteiger partial charge >= 0.3 is 5.97 Å². The van der Waals surface area contributed by atoms with Crippen LogP contribution in [0.2, 0.25) is 0 Å². The molecule has 0 aromatic heterocycles. The Morgan fingerprint density at radius 2 is 1.69 bits per heavy atom. The van der Waals surface area contributed by atoms with E-state index in [2.05, 4.69) is 5.32 Å². The van der Waals surface area contributed by atoms with Crippen molar-refractivity contribution in [3.05, 3.63) is 59.4 Å². The number of benzene rings is 2. The zero-order chi connectivity index (χ0) is 21.7. The highest BCUT2D eigenvalue weighted by molar-refractivity contribution is 8.00. The maximum absolute atomic E-state index is 14.3. The van der Waals surface area contributed by atoms with E-state index in [1.54, 1.807) is 27.7 Å². The van der Waals surface area contributed by atoms with E-state index in [4.69, 9.17) is 4.74 Å². The molecule has 1 amide bonds. The van der Waals surface area contributed by atoms with E-state index >= 15 is 0 Å². The topological polar surface area (TPSA) is 55.4 Å². The van der Waals surface area contributed by atoms with Gasteiger partial charge in [-0.05, 0) is 44.0 Å². The second-order valence-electron chi connectivity index (χ2n) is 7.00. The number of hydrogen-bond acceptors (Lipinski definition) is 4. The maximum Gasteiger partial charge on any atom is 0.319 e. The van der Waals surface area contributed by atoms with Crippen molar-refractivity contribution in [2.75, 3.05) is 5.32 Å². The Bertz CT molecular complexity index is 903. The van der Waals surface area contributed by atoms with Crippen LogP contribution in [-0.4, -0.2) is 23.2 Å². The van der Waals surface area contributed by atoms with Gasteiger partial charge < -0.3 is 10.1 Å². The zero-order valence-electron chi connectivity index (χ0n) is 16.5. The number of ether oxygens (including phenoxy) is 1. The third-order valence-corrected chi connectivity index (χ3v) is 5.36. The van der Waals surface area contributed by atoms with Gasteiger partial charge in [-0.1, -0.05) is 19.9 Å². The van der Waals surface area contributed by atoms with Crippen molar-refractivity contribution in [3.8, 4) is 0 Å². The van der Waals surface area contributed by atoms with Gasteiger partial charge in [0.1, 0.15) is 22.7 Å². The van der Waals surface area contributed by atoms with Gasteiger partial charge in [0.2, 0.25) is 0 Å². The number of amides is 1. The molecule has 0 aliphatic rings. The minimum absolute atomic E-state index is 0.0107. The summed E-state index contributed by atoms with van der Waals surface area (Å²) in [6.45, 7) is 6.98. The fourth-order valence-electron chi connectivity index (χ4n) is 2.43. The second-order valence-corrected chi connectivity index (χ2v) is 8.18. The van der Waals surface area contributed by atoms with Gasteiger partial charge in [-0.2, -0.15) is 0 Å². The molecule has 0 saturated carbocycles. The Kier molecular flexibility index (Phi) is 7.73. The number of rotatable bonds is 7. The van der Waals surface area contributed by atoms with Crippen LogP contribution in [0.25, 0.3) is 0 Å². The first kappa shape index (κ1) is 22.8. The number of esters is 1. The lowest BCUT2D eigenvalue weighted by molar-refractivity contribution is -0.147. The van der Waals surface area contributed by atoms with E-state index in [1.807, 2.05) is 0 Å². The third-order valence-electron chi connectivity index (χ3n) is 3.80. The summed E-state index contributed by atoms with van der Waals surface area (Å²) in [7, 11) is 0. The molecule has 2 aromatic rings. The molecule has 0 saturated heterocycles. The van der Waals surface area contributed by atoms with Gasteiger partial charge in [-0.25, -0.2) is 13.2 Å². The molecule has 1 unspecified atom stereocenters. The summed E-state index contributed by atoms with van der Waals surface area (Å²) in [5.74, 6) is -3.89. The van der Waals surface area contributed by atoms with Crippen molar-refractivity contribution >= 4 is 29.3 Å². The second kappa shape index (κ2) is 9.82. The molecule has 0 radical (unpaired) electrons. The Hall–Kier alpha value is -2.48. The molecule has 0 bridgehead atoms. The van der Waals surface area contributed by atoms with Gasteiger partial charge in [-0.15, -0.1) is 11.8 Å². The van der Waals surface area contributed by atoms with Crippen LogP contribution in [-0.2, 0) is 9.53 Å². The molecule has 0 fully saturated rings. The lowest BCUT2D eigenvalue weighted by Crippen LogP contribution is -2.28. The highest BCUT2D eigenvalue weighted by Gasteiger charge is 2.27. The van der Waals surface area contributed by atoms with E-state index in [1.165, 1.54) is 18.2 Å². The quantitative estimate of drug-likeness (QED) is 0.475. The molecule has 1 N–H and O–H groups in total. The lowest BCUT2D eigenvalue weighted by atomic mass is 10.1. The van der Waals surface area contributed by atoms with Gasteiger partial charge in [0.05, 0.1) is 11.8 Å². The van der Waals surface area contributed by atoms with E-state index in [9.17, 15) is 22.8 Å². The molecule has 8 heteroatoms. The molecule has 0 spiro atoms. The van der Waals surface area contributed by atoms with Gasteiger partial charge in [-0.3, -0.25) is 9.59 Å². The van der Waals surface area contributed by atoms with Gasteiger partial charge in [0.15, 0.2) is 0 Å². The largest absolute Gasteiger partial charge is 0.462 e. The van der Waals surface area contributed by atoms with Crippen molar-refractivity contribution in [2.24, 2.45) is 5.92 Å². The molecule has 2 aromatic carbocycles. The van der Waals surface area contributed by atoms with E-state index in [-0.39, 0.29) is 28.2 Å². The smallest absolute Gasteiger partial charge is 0.319 e. The molecule has 156 valence electrons. The number of nitrogens with one attached hydrogen (secondary N) is 1. The predicted octanol–water partition coefficient (Wildman–Crippen LogP) is 5.42. The molecule has 0 aliphatic carbocycles. The highest BCUT2D eigenvalue weighted by atomic mass is 32.2. The van der Waals surface area contributed by atoms with Crippen molar-refractivity contribution in [1.82, 2.24) is 0 Å². The summed E-state index contributed by atoms with van der Waals surface area (Å²) in [4.78, 5) is 24.6. The highest BCUT2D eigenvalue weighted by Crippen LogP contribution is 2.34. The summed E-state index contributed by atoms with van der Waals surface area (Å²) in [6.07, 6.45) is -0.330. The Labute approximate surface area is 171 Å². The number of thioether (sulfide) groups is 1. The molecule has 1 atom stereocenters. The zero-order valence-corrected chi connectivity index (χ0v) is 17.3. The number of hydrogen-bond donors (Lipinski definition) is 1. The summed E-state index contributed by atoms with van der Waals surface area (Å²) in [6, 6.07) is 6.64. The van der Waals surface area contributed by atoms with E-state index in [0.29, 0.717) is 6.07 Å². The van der Waals surface area contributed by atoms with Gasteiger partial charge in [0.25, 0.3) is 5.91 Å². The van der Waals surface area contributed by atoms with Crippen molar-refractivity contribution in [2.45, 2.75) is 43.9 Å². The van der Waals surface area contributed by atoms with Gasteiger partial charge in [0, 0.05) is 16.5 Å². The van der Waals surface area contributed by atoms with Crippen LogP contribution in [0.15, 0.2) is 41.3 Å². The number of anilines is 1. The summed E-state index contributed by atoms with van der Waals surface area (Å²) >= 11 is 0.894. The first-order valence-corrected chi connectivity index (χ1v) is 9.89. The summed E-state index contributed by atoms with van der Waals surface area (Å²) in [5, 5.41) is 1.59. The summed E-state index contributed by atoms with van der Waals surface area (Å²) in [5.41, 5.74) is -0.286. The lowest BCUT2D eigenvalue weighted by Gasteiger charge is -2.21. The molecular weight excluding hydrogens is 403 g/mol. The first-order chi connectivity index (χ1) is 13.6. The van der Waals surface area contributed by atoms with Crippen LogP contribution < -0.4 is 5.32 Å². The van der Waals surface area contributed by atoms with Crippen LogP contribution in [0.3, 0.4) is 0 Å². The van der Waals surface area contributed by atoms with Crippen molar-refractivity contribution < 1.29 is 27.5 Å². The third kappa shape index (κ3) is 6.25. The fourth-order valence-corrected chi connectivity index (χ4v) is 3.49. The van der Waals surface area contributed by atoms with E-state index in [0.717, 1.165) is 23.9 Å². The SMILES string of the molecule is CC(C)OC(=O)C(Sc1cc(NC(=O)c2cccc(F)c2)c(F)cc1F)C(C)C. The molecule has 2 rings (SSSR count). The Morgan fingerprint density at radius 3 is 2.28 bits per heavy atom. The number of carbonyl (C=O) groups excluding carboxylic acids is 2. The standard InChI is InChI=1S/C21H22F3NO3S/c1-11(2)19(21(27)28-12(3)4)29-18-10-17(15(23)9-16(18)24)25-20(26)13-6-5-7-14(22)8-13/h5-12,19H,1-4H3,(H,25,26). The minimum atomic E-state index is -0.984. The summed E-state index contributed by atoms with van der Waals surface area (Å²) < 4.78 is 47.0.